The number of likely N-dealkylation sites (tertiary alicyclic amines) is 1. The summed E-state index contributed by atoms with van der Waals surface area (Å²) >= 11 is 0. The highest BCUT2D eigenvalue weighted by molar-refractivity contribution is 5.77. The number of hydrogen-bond acceptors (Lipinski definition) is 8. The summed E-state index contributed by atoms with van der Waals surface area (Å²) in [7, 11) is 1.57. The number of benzene rings is 1. The van der Waals surface area contributed by atoms with Gasteiger partial charge in [-0.05, 0) is 57.1 Å². The van der Waals surface area contributed by atoms with Crippen molar-refractivity contribution in [2.24, 2.45) is 11.3 Å². The van der Waals surface area contributed by atoms with Gasteiger partial charge < -0.3 is 18.9 Å². The number of methoxy groups -OCH3 is 1. The molecule has 0 spiro atoms. The van der Waals surface area contributed by atoms with E-state index >= 15 is 0 Å². The molecule has 1 saturated heterocycles. The molecule has 0 aliphatic carbocycles. The van der Waals surface area contributed by atoms with Gasteiger partial charge in [0.25, 0.3) is 12.2 Å². The minimum Gasteiger partial charge on any atom is -0.429 e. The number of nitrogens with zero attached hydrogens (tertiary/aromatic N) is 3. The second-order valence-corrected chi connectivity index (χ2v) is 9.37. The van der Waals surface area contributed by atoms with E-state index in [1.54, 1.807) is 7.11 Å². The number of piperidine rings is 1. The molecule has 3 rings (SSSR count). The summed E-state index contributed by atoms with van der Waals surface area (Å²) in [5.41, 5.74) is 2.48. The first-order valence-electron chi connectivity index (χ1n) is 11.4. The van der Waals surface area contributed by atoms with Crippen LogP contribution in [-0.2, 0) is 14.3 Å². The number of ether oxygens (including phenoxy) is 2. The molecule has 1 aromatic heterocycles. The van der Waals surface area contributed by atoms with Crippen LogP contribution in [0.2, 0.25) is 0 Å². The molecule has 10 heteroatoms. The van der Waals surface area contributed by atoms with Crippen LogP contribution in [-0.4, -0.2) is 54.2 Å². The summed E-state index contributed by atoms with van der Waals surface area (Å²) < 4.78 is 14.1. The zero-order valence-corrected chi connectivity index (χ0v) is 21.7. The molecule has 0 saturated carbocycles. The average Bonchev–Trinajstić information content (AvgIpc) is 3.11. The molecule has 1 aliphatic rings. The third-order valence-electron chi connectivity index (χ3n) is 5.96. The summed E-state index contributed by atoms with van der Waals surface area (Å²) in [5.74, 6) is 2.08. The van der Waals surface area contributed by atoms with E-state index < -0.39 is 4.92 Å². The van der Waals surface area contributed by atoms with E-state index in [1.165, 1.54) is 24.3 Å². The van der Waals surface area contributed by atoms with Gasteiger partial charge in [0.1, 0.15) is 18.1 Å². The van der Waals surface area contributed by atoms with E-state index in [4.69, 9.17) is 9.26 Å². The Balaban J connectivity index is 0.000000274. The number of aromatic nitrogens is 1. The highest BCUT2D eigenvalue weighted by Crippen LogP contribution is 2.34. The summed E-state index contributed by atoms with van der Waals surface area (Å²) in [4.78, 5) is 33.0. The van der Waals surface area contributed by atoms with Crippen molar-refractivity contribution in [2.75, 3.05) is 26.8 Å². The van der Waals surface area contributed by atoms with Crippen molar-refractivity contribution in [1.82, 2.24) is 10.1 Å². The Kier molecular flexibility index (Phi) is 12.1. The average molecular weight is 492 g/mol. The maximum Gasteiger partial charge on any atom is 0.298 e. The van der Waals surface area contributed by atoms with E-state index in [2.05, 4.69) is 30.7 Å². The van der Waals surface area contributed by atoms with E-state index in [-0.39, 0.29) is 30.4 Å². The van der Waals surface area contributed by atoms with Gasteiger partial charge in [0.05, 0.1) is 10.6 Å². The molecule has 1 aromatic carbocycles. The van der Waals surface area contributed by atoms with E-state index in [0.717, 1.165) is 48.9 Å². The Bertz CT molecular complexity index is 921. The molecule has 0 atom stereocenters. The molecule has 1 fully saturated rings. The minimum absolute atomic E-state index is 0.0340. The SMILES string of the molecule is COCC(=O)N1CCC(C(C)(C)C)CC1.Cc1noc(C)c1C.O=COc1ccc([N+](=O)[O-])cc1. The van der Waals surface area contributed by atoms with E-state index in [0.29, 0.717) is 5.41 Å². The Labute approximate surface area is 206 Å². The standard InChI is InChI=1S/C12H23NO2.C7H5NO4.C6H9NO/c1-12(2,3)10-5-7-13(8-6-10)11(14)9-15-4;9-5-12-7-3-1-6(2-4-7)8(10)11;1-4-5(2)7-8-6(4)3/h10H,5-9H2,1-4H3;1-5H;1-3H3. The topological polar surface area (TPSA) is 125 Å². The van der Waals surface area contributed by atoms with Crippen LogP contribution in [0.1, 0.15) is 50.6 Å². The number of carbonyl (C=O) groups excluding carboxylic acids is 2. The monoisotopic (exact) mass is 491 g/mol. The molecule has 0 N–H and O–H groups in total. The number of nitro benzene ring substituents is 1. The Morgan fingerprint density at radius 1 is 1.20 bits per heavy atom. The number of nitro groups is 1. The lowest BCUT2D eigenvalue weighted by atomic mass is 9.75. The molecule has 0 unspecified atom stereocenters. The van der Waals surface area contributed by atoms with Crippen molar-refractivity contribution in [2.45, 2.75) is 54.4 Å². The van der Waals surface area contributed by atoms with Crippen molar-refractivity contribution in [3.63, 3.8) is 0 Å². The molecule has 1 aliphatic heterocycles. The first kappa shape index (κ1) is 29.8. The molecule has 194 valence electrons. The van der Waals surface area contributed by atoms with Gasteiger partial charge in [0, 0.05) is 37.9 Å². The van der Waals surface area contributed by atoms with Crippen molar-refractivity contribution >= 4 is 18.1 Å². The quantitative estimate of drug-likeness (QED) is 0.336. The molecular weight excluding hydrogens is 454 g/mol. The van der Waals surface area contributed by atoms with Crippen LogP contribution < -0.4 is 4.74 Å². The fraction of sp³-hybridized carbons (Fsp3) is 0.560. The number of rotatable bonds is 5. The highest BCUT2D eigenvalue weighted by atomic mass is 16.6. The second kappa shape index (κ2) is 14.2. The van der Waals surface area contributed by atoms with Crippen molar-refractivity contribution in [3.8, 4) is 5.75 Å². The fourth-order valence-corrected chi connectivity index (χ4v) is 3.44. The third kappa shape index (κ3) is 10.3. The van der Waals surface area contributed by atoms with Crippen LogP contribution in [0.4, 0.5) is 5.69 Å². The van der Waals surface area contributed by atoms with Crippen molar-refractivity contribution in [3.05, 3.63) is 51.4 Å². The maximum atomic E-state index is 11.6. The number of aryl methyl sites for hydroxylation is 2. The van der Waals surface area contributed by atoms with Gasteiger partial charge in [-0.2, -0.15) is 0 Å². The van der Waals surface area contributed by atoms with Gasteiger partial charge in [-0.25, -0.2) is 0 Å². The van der Waals surface area contributed by atoms with E-state index in [1.807, 2.05) is 25.7 Å². The van der Waals surface area contributed by atoms with Crippen molar-refractivity contribution < 1.29 is 28.5 Å². The first-order valence-corrected chi connectivity index (χ1v) is 11.4. The van der Waals surface area contributed by atoms with Gasteiger partial charge in [0.15, 0.2) is 0 Å². The number of hydrogen-bond donors (Lipinski definition) is 0. The van der Waals surface area contributed by atoms with Crippen LogP contribution in [0.25, 0.3) is 0 Å². The summed E-state index contributed by atoms with van der Waals surface area (Å²) in [6.45, 7) is 15.0. The largest absolute Gasteiger partial charge is 0.429 e. The van der Waals surface area contributed by atoms with Gasteiger partial charge in [0.2, 0.25) is 5.91 Å². The number of non-ortho nitro benzene ring substituents is 1. The molecular formula is C25H37N3O7. The molecule has 35 heavy (non-hydrogen) atoms. The molecule has 2 aromatic rings. The zero-order valence-electron chi connectivity index (χ0n) is 21.7. The van der Waals surface area contributed by atoms with Crippen LogP contribution in [0.5, 0.6) is 5.75 Å². The van der Waals surface area contributed by atoms with Crippen LogP contribution in [0.15, 0.2) is 28.8 Å². The van der Waals surface area contributed by atoms with Gasteiger partial charge in [-0.3, -0.25) is 19.7 Å². The lowest BCUT2D eigenvalue weighted by Gasteiger charge is -2.38. The van der Waals surface area contributed by atoms with Crippen molar-refractivity contribution in [1.29, 1.82) is 0 Å². The van der Waals surface area contributed by atoms with Crippen LogP contribution in [0.3, 0.4) is 0 Å². The molecule has 1 amide bonds. The lowest BCUT2D eigenvalue weighted by molar-refractivity contribution is -0.384. The summed E-state index contributed by atoms with van der Waals surface area (Å²) in [6, 6.07) is 5.23. The predicted octanol–water partition coefficient (Wildman–Crippen LogP) is 4.65. The molecule has 0 bridgehead atoms. The fourth-order valence-electron chi connectivity index (χ4n) is 3.44. The molecule has 0 radical (unpaired) electrons. The summed E-state index contributed by atoms with van der Waals surface area (Å²) in [5, 5.41) is 13.9. The van der Waals surface area contributed by atoms with E-state index in [9.17, 15) is 19.7 Å². The minimum atomic E-state index is -0.523. The Morgan fingerprint density at radius 3 is 2.11 bits per heavy atom. The van der Waals surface area contributed by atoms with Gasteiger partial charge in [-0.1, -0.05) is 25.9 Å². The third-order valence-corrected chi connectivity index (χ3v) is 5.96. The van der Waals surface area contributed by atoms with Gasteiger partial charge in [-0.15, -0.1) is 0 Å². The van der Waals surface area contributed by atoms with Crippen LogP contribution >= 0.6 is 0 Å². The molecule has 10 nitrogen and oxygen atoms in total. The zero-order chi connectivity index (χ0) is 26.6. The Morgan fingerprint density at radius 2 is 1.77 bits per heavy atom. The first-order chi connectivity index (χ1) is 16.4. The Hall–Kier alpha value is -3.27. The normalized spacial score (nSPS) is 13.6. The lowest BCUT2D eigenvalue weighted by Crippen LogP contribution is -2.42. The summed E-state index contributed by atoms with van der Waals surface area (Å²) in [6.07, 6.45) is 2.25. The predicted molar refractivity (Wildman–Crippen MR) is 131 cm³/mol. The van der Waals surface area contributed by atoms with Gasteiger partial charge >= 0.3 is 0 Å². The maximum absolute atomic E-state index is 11.6. The highest BCUT2D eigenvalue weighted by Gasteiger charge is 2.30. The van der Waals surface area contributed by atoms with Crippen LogP contribution in [0, 0.1) is 42.2 Å². The number of amides is 1. The smallest absolute Gasteiger partial charge is 0.298 e. The number of carbonyl (C=O) groups is 2. The second-order valence-electron chi connectivity index (χ2n) is 9.37. The molecule has 2 heterocycles.